The topological polar surface area (TPSA) is 41.5 Å². The van der Waals surface area contributed by atoms with Crippen molar-refractivity contribution in [2.45, 2.75) is 6.42 Å². The van der Waals surface area contributed by atoms with Crippen molar-refractivity contribution < 1.29 is 4.79 Å². The van der Waals surface area contributed by atoms with E-state index < -0.39 is 0 Å². The van der Waals surface area contributed by atoms with Crippen LogP contribution in [0.15, 0.2) is 5.10 Å². The number of carbonyl (C=O) groups is 1. The third kappa shape index (κ3) is 0.794. The Morgan fingerprint density at radius 1 is 1.86 bits per heavy atom. The van der Waals surface area contributed by atoms with E-state index in [4.69, 9.17) is 7.85 Å². The van der Waals surface area contributed by atoms with Crippen molar-refractivity contribution in [1.82, 2.24) is 5.43 Å². The van der Waals surface area contributed by atoms with E-state index in [0.717, 1.165) is 0 Å². The Kier molecular flexibility index (Phi) is 0.853. The Balaban J connectivity index is 2.58. The van der Waals surface area contributed by atoms with E-state index >= 15 is 0 Å². The summed E-state index contributed by atoms with van der Waals surface area (Å²) in [5.41, 5.74) is 2.56. The van der Waals surface area contributed by atoms with Crippen LogP contribution in [0, 0.1) is 0 Å². The lowest BCUT2D eigenvalue weighted by Crippen LogP contribution is -2.08. The molecule has 0 aromatic rings. The Hall–Kier alpha value is -0.795. The second kappa shape index (κ2) is 1.37. The lowest BCUT2D eigenvalue weighted by Gasteiger charge is -1.77. The highest BCUT2D eigenvalue weighted by Gasteiger charge is 2.07. The van der Waals surface area contributed by atoms with Crippen LogP contribution in [0.5, 0.6) is 0 Å². The molecule has 3 nitrogen and oxygen atoms in total. The van der Waals surface area contributed by atoms with Gasteiger partial charge in [-0.3, -0.25) is 4.79 Å². The van der Waals surface area contributed by atoms with Gasteiger partial charge in [0.1, 0.15) is 7.85 Å². The summed E-state index contributed by atoms with van der Waals surface area (Å²) < 4.78 is 0. The van der Waals surface area contributed by atoms with Gasteiger partial charge in [-0.2, -0.15) is 5.10 Å². The molecule has 1 amide bonds. The Morgan fingerprint density at radius 2 is 2.57 bits per heavy atom. The van der Waals surface area contributed by atoms with E-state index in [2.05, 4.69) is 10.5 Å². The van der Waals surface area contributed by atoms with Crippen LogP contribution in [0.1, 0.15) is 6.42 Å². The molecule has 0 unspecified atom stereocenters. The molecular weight excluding hydrogens is 90.9 g/mol. The quantitative estimate of drug-likeness (QED) is 0.384. The van der Waals surface area contributed by atoms with Crippen molar-refractivity contribution in [2.24, 2.45) is 5.10 Å². The van der Waals surface area contributed by atoms with Gasteiger partial charge in [-0.15, -0.1) is 0 Å². The number of hydrogen-bond acceptors (Lipinski definition) is 2. The summed E-state index contributed by atoms with van der Waals surface area (Å²) in [5, 5.41) is 3.41. The lowest BCUT2D eigenvalue weighted by atomic mass is 9.99. The van der Waals surface area contributed by atoms with Gasteiger partial charge in [0.2, 0.25) is 5.91 Å². The second-order valence-corrected chi connectivity index (χ2v) is 1.31. The van der Waals surface area contributed by atoms with Crippen LogP contribution in [0.3, 0.4) is 0 Å². The summed E-state index contributed by atoms with van der Waals surface area (Å²) in [5.74, 6) is -0.127. The van der Waals surface area contributed by atoms with E-state index in [1.54, 1.807) is 0 Å². The molecule has 1 aliphatic rings. The predicted octanol–water partition coefficient (Wildman–Crippen LogP) is -1.01. The van der Waals surface area contributed by atoms with Crippen molar-refractivity contribution in [3.8, 4) is 0 Å². The van der Waals surface area contributed by atoms with Crippen LogP contribution in [0.25, 0.3) is 0 Å². The molecule has 1 aliphatic heterocycles. The fraction of sp³-hybridized carbons (Fsp3) is 0.333. The molecule has 0 aromatic carbocycles. The van der Waals surface area contributed by atoms with Gasteiger partial charge in [0.05, 0.1) is 6.42 Å². The normalized spacial score (nSPS) is 18.9. The summed E-state index contributed by atoms with van der Waals surface area (Å²) >= 11 is 0. The largest absolute Gasteiger partial charge is 0.273 e. The average molecular weight is 93.9 g/mol. The number of rotatable bonds is 0. The molecule has 4 heteroatoms. The Bertz CT molecular complexity index is 131. The summed E-state index contributed by atoms with van der Waals surface area (Å²) in [4.78, 5) is 10.1. The van der Waals surface area contributed by atoms with Gasteiger partial charge < -0.3 is 0 Å². The average Bonchev–Trinajstić information content (AvgIpc) is 1.87. The molecule has 0 aliphatic carbocycles. The van der Waals surface area contributed by atoms with Crippen LogP contribution in [-0.4, -0.2) is 19.4 Å². The van der Waals surface area contributed by atoms with Gasteiger partial charge in [0, 0.05) is 0 Å². The molecule has 0 atom stereocenters. The summed E-state index contributed by atoms with van der Waals surface area (Å²) in [6.07, 6.45) is 0.250. The SMILES string of the molecule is [B]C1=NNC(=O)C1. The van der Waals surface area contributed by atoms with Gasteiger partial charge in [-0.25, -0.2) is 5.43 Å². The van der Waals surface area contributed by atoms with Crippen molar-refractivity contribution in [1.29, 1.82) is 0 Å². The molecular formula is C3H3BN2O. The van der Waals surface area contributed by atoms with Gasteiger partial charge in [0.15, 0.2) is 0 Å². The third-order valence-electron chi connectivity index (χ3n) is 0.666. The first kappa shape index (κ1) is 4.37. The lowest BCUT2D eigenvalue weighted by molar-refractivity contribution is -0.119. The van der Waals surface area contributed by atoms with Crippen molar-refractivity contribution in [3.05, 3.63) is 0 Å². The first-order valence-electron chi connectivity index (χ1n) is 1.90. The molecule has 34 valence electrons. The number of nitrogens with one attached hydrogen (secondary N) is 1. The van der Waals surface area contributed by atoms with Crippen LogP contribution in [0.4, 0.5) is 0 Å². The molecule has 2 radical (unpaired) electrons. The van der Waals surface area contributed by atoms with E-state index in [1.165, 1.54) is 0 Å². The molecule has 0 saturated carbocycles. The highest BCUT2D eigenvalue weighted by Crippen LogP contribution is 1.88. The van der Waals surface area contributed by atoms with E-state index in [0.29, 0.717) is 5.61 Å². The van der Waals surface area contributed by atoms with Gasteiger partial charge in [-0.1, -0.05) is 0 Å². The van der Waals surface area contributed by atoms with Crippen LogP contribution < -0.4 is 5.43 Å². The second-order valence-electron chi connectivity index (χ2n) is 1.31. The van der Waals surface area contributed by atoms with Gasteiger partial charge in [0.25, 0.3) is 0 Å². The van der Waals surface area contributed by atoms with E-state index in [1.807, 2.05) is 0 Å². The number of carbonyl (C=O) groups excluding carboxylic acids is 1. The minimum absolute atomic E-state index is 0.127. The Labute approximate surface area is 42.2 Å². The number of hydrazone groups is 1. The van der Waals surface area contributed by atoms with Crippen LogP contribution in [0.2, 0.25) is 0 Å². The minimum Gasteiger partial charge on any atom is -0.273 e. The fourth-order valence-corrected chi connectivity index (χ4v) is 0.378. The number of nitrogens with zero attached hydrogens (tertiary/aromatic N) is 1. The summed E-state index contributed by atoms with van der Waals surface area (Å²) in [6, 6.07) is 0. The van der Waals surface area contributed by atoms with Gasteiger partial charge in [-0.05, 0) is 5.61 Å². The zero-order valence-electron chi connectivity index (χ0n) is 3.64. The highest BCUT2D eigenvalue weighted by molar-refractivity contribution is 6.62. The molecule has 0 fully saturated rings. The predicted molar refractivity (Wildman–Crippen MR) is 25.9 cm³/mol. The minimum atomic E-state index is -0.127. The number of hydrogen-bond donors (Lipinski definition) is 1. The molecule has 0 saturated heterocycles. The maximum absolute atomic E-state index is 10.1. The molecule has 1 heterocycles. The zero-order chi connectivity index (χ0) is 5.28. The highest BCUT2D eigenvalue weighted by atomic mass is 16.2. The zero-order valence-corrected chi connectivity index (χ0v) is 3.64. The molecule has 1 rings (SSSR count). The van der Waals surface area contributed by atoms with Crippen LogP contribution >= 0.6 is 0 Å². The Morgan fingerprint density at radius 3 is 2.71 bits per heavy atom. The molecule has 1 N–H and O–H groups in total. The molecule has 7 heavy (non-hydrogen) atoms. The molecule has 0 spiro atoms. The van der Waals surface area contributed by atoms with Crippen molar-refractivity contribution in [2.75, 3.05) is 0 Å². The third-order valence-corrected chi connectivity index (χ3v) is 0.666. The maximum atomic E-state index is 10.1. The molecule has 0 bridgehead atoms. The summed E-state index contributed by atoms with van der Waals surface area (Å²) in [6.45, 7) is 0. The van der Waals surface area contributed by atoms with Crippen LogP contribution in [-0.2, 0) is 4.79 Å². The smallest absolute Gasteiger partial charge is 0.244 e. The standard InChI is InChI=1S/C3H3BN2O/c4-2-1-3(7)6-5-2/h1H2,(H,6,7). The van der Waals surface area contributed by atoms with Crippen molar-refractivity contribution >= 4 is 19.4 Å². The first-order chi connectivity index (χ1) is 3.29. The number of amides is 1. The maximum Gasteiger partial charge on any atom is 0.244 e. The van der Waals surface area contributed by atoms with E-state index in [-0.39, 0.29) is 12.3 Å². The van der Waals surface area contributed by atoms with Gasteiger partial charge >= 0.3 is 0 Å². The monoisotopic (exact) mass is 94.0 g/mol. The fourth-order valence-electron chi connectivity index (χ4n) is 0.378. The van der Waals surface area contributed by atoms with E-state index in [9.17, 15) is 4.79 Å². The first-order valence-corrected chi connectivity index (χ1v) is 1.90. The van der Waals surface area contributed by atoms with Crippen molar-refractivity contribution in [3.63, 3.8) is 0 Å². The summed E-state index contributed by atoms with van der Waals surface area (Å²) in [7, 11) is 5.09. The molecule has 0 aromatic heterocycles.